The third-order valence-electron chi connectivity index (χ3n) is 11.8. The maximum absolute atomic E-state index is 14.6. The number of carboxylic acid groups (broad SMARTS) is 1. The van der Waals surface area contributed by atoms with Crippen molar-refractivity contribution in [2.75, 3.05) is 19.7 Å². The Morgan fingerprint density at radius 1 is 0.742 bits per heavy atom. The Morgan fingerprint density at radius 3 is 2.15 bits per heavy atom. The molecule has 7 rings (SSSR count). The smallest absolute Gasteiger partial charge is 0.408 e. The number of nitrogens with one attached hydrogen (secondary N) is 4. The Kier molecular flexibility index (Phi) is 14.5. The van der Waals surface area contributed by atoms with Crippen LogP contribution in [0.15, 0.2) is 103 Å². The van der Waals surface area contributed by atoms with E-state index in [9.17, 15) is 28.8 Å². The summed E-state index contributed by atoms with van der Waals surface area (Å²) in [6.45, 7) is 0.185. The highest BCUT2D eigenvalue weighted by Crippen LogP contribution is 2.44. The highest BCUT2D eigenvalue weighted by Gasteiger charge is 2.43. The topological polar surface area (TPSA) is 192 Å². The first-order valence-electron chi connectivity index (χ1n) is 21.4. The highest BCUT2D eigenvalue weighted by molar-refractivity contribution is 5.92. The van der Waals surface area contributed by atoms with Gasteiger partial charge < -0.3 is 40.7 Å². The number of benzene rings is 4. The zero-order valence-electron chi connectivity index (χ0n) is 34.6. The van der Waals surface area contributed by atoms with Gasteiger partial charge in [0.05, 0.1) is 12.1 Å². The molecule has 1 saturated heterocycles. The predicted octanol–water partition coefficient (Wildman–Crippen LogP) is 6.13. The summed E-state index contributed by atoms with van der Waals surface area (Å²) in [6, 6.07) is 30.1. The van der Waals surface area contributed by atoms with E-state index in [0.717, 1.165) is 58.2 Å². The lowest BCUT2D eigenvalue weighted by molar-refractivity contribution is -0.140. The fraction of sp³-hybridized carbons (Fsp3) is 0.375. The molecule has 0 unspecified atom stereocenters. The van der Waals surface area contributed by atoms with Gasteiger partial charge in [0.15, 0.2) is 0 Å². The van der Waals surface area contributed by atoms with E-state index < -0.39 is 42.2 Å². The van der Waals surface area contributed by atoms with Crippen LogP contribution in [-0.4, -0.2) is 83.7 Å². The summed E-state index contributed by atoms with van der Waals surface area (Å²) < 4.78 is 11.3. The van der Waals surface area contributed by atoms with E-state index in [1.165, 1.54) is 4.90 Å². The van der Waals surface area contributed by atoms with Gasteiger partial charge >= 0.3 is 18.2 Å². The fourth-order valence-electron chi connectivity index (χ4n) is 8.80. The summed E-state index contributed by atoms with van der Waals surface area (Å²) in [5.74, 6) is -2.40. The number of likely N-dealkylation sites (tertiary alicyclic amines) is 1. The van der Waals surface area contributed by atoms with Gasteiger partial charge in [0.2, 0.25) is 17.7 Å². The van der Waals surface area contributed by atoms with Gasteiger partial charge in [-0.25, -0.2) is 9.59 Å². The minimum Gasteiger partial charge on any atom is -0.481 e. The number of carbonyl (C=O) groups excluding carboxylic acids is 5. The first kappa shape index (κ1) is 43.4. The average Bonchev–Trinajstić information content (AvgIpc) is 3.85. The molecule has 0 bridgehead atoms. The lowest BCUT2D eigenvalue weighted by Gasteiger charge is -2.31. The van der Waals surface area contributed by atoms with Crippen LogP contribution in [0.5, 0.6) is 0 Å². The summed E-state index contributed by atoms with van der Waals surface area (Å²) in [6.07, 6.45) is 1.55. The SMILES string of the molecule is O=C(O)CCCC(=O)NCCC[C@H](NC(=O)OCc1ccccc1)C(=O)N1C[C@@H](NC(=O)OCC2c3ccccc3-c3ccccc32)C[C@H]1C(=O)N[C@@H]1CCCc2ccccc21. The minimum atomic E-state index is -1.15. The van der Waals surface area contributed by atoms with Crippen LogP contribution in [0, 0.1) is 0 Å². The molecule has 4 atom stereocenters. The third kappa shape index (κ3) is 11.0. The number of fused-ring (bicyclic) bond motifs is 4. The number of hydrogen-bond donors (Lipinski definition) is 5. The van der Waals surface area contributed by atoms with E-state index in [1.54, 1.807) is 12.1 Å². The fourth-order valence-corrected chi connectivity index (χ4v) is 8.80. The zero-order valence-corrected chi connectivity index (χ0v) is 34.6. The molecule has 1 heterocycles. The second-order valence-electron chi connectivity index (χ2n) is 16.1. The Morgan fingerprint density at radius 2 is 1.42 bits per heavy atom. The van der Waals surface area contributed by atoms with E-state index in [0.29, 0.717) is 0 Å². The number of alkyl carbamates (subject to hydrolysis) is 2. The monoisotopic (exact) mass is 843 g/mol. The molecule has 0 saturated carbocycles. The summed E-state index contributed by atoms with van der Waals surface area (Å²) in [7, 11) is 0. The molecule has 1 aliphatic heterocycles. The van der Waals surface area contributed by atoms with Crippen LogP contribution in [0.25, 0.3) is 11.1 Å². The number of aliphatic carboxylic acids is 1. The Hall–Kier alpha value is -6.70. The van der Waals surface area contributed by atoms with Crippen LogP contribution < -0.4 is 21.3 Å². The third-order valence-corrected chi connectivity index (χ3v) is 11.8. The van der Waals surface area contributed by atoms with Crippen LogP contribution in [0.3, 0.4) is 0 Å². The van der Waals surface area contributed by atoms with Gasteiger partial charge in [-0.15, -0.1) is 0 Å². The summed E-state index contributed by atoms with van der Waals surface area (Å²) >= 11 is 0. The molecule has 3 aliphatic rings. The minimum absolute atomic E-state index is 0.0279. The standard InChI is InChI=1S/C48H53N5O9/c54-43(24-11-25-44(55)56)49-26-12-23-41(52-48(60)61-29-31-13-2-1-3-14-31)46(58)53-28-33(27-42(53)45(57)51-40-22-10-16-32-15-4-5-17-34(32)40)50-47(59)62-30-39-37-20-8-6-18-35(37)36-19-7-9-21-38(36)39/h1-9,13-15,17-21,33,39-42H,10-12,16,22-30H2,(H,49,54)(H,50,59)(H,51,57)(H,52,60)(H,55,56)/t33-,40+,41-,42-/m0/s1. The number of nitrogens with zero attached hydrogens (tertiary/aromatic N) is 1. The molecular formula is C48H53N5O9. The van der Waals surface area contributed by atoms with Crippen LogP contribution in [-0.2, 0) is 41.7 Å². The Balaban J connectivity index is 1.05. The lowest BCUT2D eigenvalue weighted by atomic mass is 9.87. The van der Waals surface area contributed by atoms with Gasteiger partial charge in [-0.2, -0.15) is 0 Å². The van der Waals surface area contributed by atoms with Crippen molar-refractivity contribution < 1.29 is 43.3 Å². The molecule has 14 nitrogen and oxygen atoms in total. The van der Waals surface area contributed by atoms with Gasteiger partial charge in [-0.1, -0.05) is 103 Å². The van der Waals surface area contributed by atoms with Gasteiger partial charge in [-0.05, 0) is 83.9 Å². The van der Waals surface area contributed by atoms with Crippen molar-refractivity contribution in [2.45, 2.75) is 94.5 Å². The normalized spacial score (nSPS) is 18.0. The van der Waals surface area contributed by atoms with E-state index in [1.807, 2.05) is 72.8 Å². The second-order valence-corrected chi connectivity index (χ2v) is 16.1. The van der Waals surface area contributed by atoms with Crippen LogP contribution in [0.4, 0.5) is 9.59 Å². The van der Waals surface area contributed by atoms with Crippen molar-refractivity contribution in [1.29, 1.82) is 0 Å². The van der Waals surface area contributed by atoms with Crippen molar-refractivity contribution in [2.24, 2.45) is 0 Å². The number of rotatable bonds is 17. The van der Waals surface area contributed by atoms with Crippen molar-refractivity contribution in [3.8, 4) is 11.1 Å². The predicted molar refractivity (Wildman–Crippen MR) is 230 cm³/mol. The molecule has 1 fully saturated rings. The van der Waals surface area contributed by atoms with Crippen LogP contribution in [0.2, 0.25) is 0 Å². The number of carbonyl (C=O) groups is 6. The van der Waals surface area contributed by atoms with Crippen LogP contribution >= 0.6 is 0 Å². The lowest BCUT2D eigenvalue weighted by Crippen LogP contribution is -2.54. The van der Waals surface area contributed by atoms with E-state index >= 15 is 0 Å². The summed E-state index contributed by atoms with van der Waals surface area (Å²) in [5, 5.41) is 20.5. The van der Waals surface area contributed by atoms with Crippen molar-refractivity contribution in [3.05, 3.63) is 131 Å². The number of hydrogen-bond acceptors (Lipinski definition) is 8. The first-order valence-corrected chi connectivity index (χ1v) is 21.4. The number of carboxylic acids is 1. The second kappa shape index (κ2) is 20.7. The van der Waals surface area contributed by atoms with Crippen LogP contribution in [0.1, 0.15) is 91.1 Å². The summed E-state index contributed by atoms with van der Waals surface area (Å²) in [5.41, 5.74) is 7.27. The van der Waals surface area contributed by atoms with Crippen molar-refractivity contribution in [1.82, 2.24) is 26.2 Å². The Bertz CT molecular complexity index is 2200. The average molecular weight is 844 g/mol. The molecule has 62 heavy (non-hydrogen) atoms. The van der Waals surface area contributed by atoms with Crippen molar-refractivity contribution >= 4 is 35.9 Å². The highest BCUT2D eigenvalue weighted by atomic mass is 16.6. The molecular weight excluding hydrogens is 791 g/mol. The first-order chi connectivity index (χ1) is 30.1. The molecule has 5 N–H and O–H groups in total. The zero-order chi connectivity index (χ0) is 43.4. The number of amides is 5. The van der Waals surface area contributed by atoms with E-state index in [-0.39, 0.29) is 88.6 Å². The maximum Gasteiger partial charge on any atom is 0.408 e. The quantitative estimate of drug-likeness (QED) is 0.0778. The van der Waals surface area contributed by atoms with Gasteiger partial charge in [0.1, 0.15) is 25.3 Å². The molecule has 324 valence electrons. The molecule has 0 spiro atoms. The Labute approximate surface area is 360 Å². The van der Waals surface area contributed by atoms with Crippen molar-refractivity contribution in [3.63, 3.8) is 0 Å². The molecule has 4 aromatic rings. The molecule has 2 aliphatic carbocycles. The molecule has 0 aromatic heterocycles. The number of aryl methyl sites for hydroxylation is 1. The van der Waals surface area contributed by atoms with E-state index in [2.05, 4.69) is 39.5 Å². The molecule has 4 aromatic carbocycles. The molecule has 5 amide bonds. The molecule has 14 heteroatoms. The summed E-state index contributed by atoms with van der Waals surface area (Å²) in [4.78, 5) is 80.4. The van der Waals surface area contributed by atoms with Gasteiger partial charge in [-0.3, -0.25) is 19.2 Å². The maximum atomic E-state index is 14.6. The molecule has 0 radical (unpaired) electrons. The number of ether oxygens (including phenoxy) is 2. The van der Waals surface area contributed by atoms with E-state index in [4.69, 9.17) is 14.6 Å². The largest absolute Gasteiger partial charge is 0.481 e. The van der Waals surface area contributed by atoms with Gasteiger partial charge in [0, 0.05) is 31.8 Å². The van der Waals surface area contributed by atoms with Gasteiger partial charge in [0.25, 0.3) is 0 Å².